The van der Waals surface area contributed by atoms with Gasteiger partial charge in [0.1, 0.15) is 0 Å². The second kappa shape index (κ2) is 6.19. The molecule has 1 N–H and O–H groups in total. The van der Waals surface area contributed by atoms with Gasteiger partial charge in [-0.15, -0.1) is 0 Å². The van der Waals surface area contributed by atoms with Gasteiger partial charge >= 0.3 is 0 Å². The van der Waals surface area contributed by atoms with Crippen LogP contribution in [-0.2, 0) is 6.54 Å². The quantitative estimate of drug-likeness (QED) is 0.906. The maximum atomic E-state index is 6.12. The molecule has 0 amide bonds. The van der Waals surface area contributed by atoms with Gasteiger partial charge in [-0.1, -0.05) is 35.3 Å². The lowest BCUT2D eigenvalue weighted by Crippen LogP contribution is -2.18. The molecule has 1 atom stereocenters. The Kier molecular flexibility index (Phi) is 4.59. The molecule has 0 unspecified atom stereocenters. The third-order valence-electron chi connectivity index (χ3n) is 2.83. The van der Waals surface area contributed by atoms with Crippen molar-refractivity contribution < 1.29 is 0 Å². The van der Waals surface area contributed by atoms with E-state index < -0.39 is 0 Å². The van der Waals surface area contributed by atoms with Gasteiger partial charge in [0.25, 0.3) is 0 Å². The van der Waals surface area contributed by atoms with Crippen molar-refractivity contribution in [3.05, 3.63) is 63.9 Å². The van der Waals surface area contributed by atoms with E-state index in [1.807, 2.05) is 36.5 Å². The minimum atomic E-state index is 0.200. The Morgan fingerprint density at radius 3 is 2.50 bits per heavy atom. The highest BCUT2D eigenvalue weighted by atomic mass is 35.5. The molecule has 0 spiro atoms. The molecule has 2 rings (SSSR count). The van der Waals surface area contributed by atoms with Crippen LogP contribution >= 0.6 is 23.2 Å². The van der Waals surface area contributed by atoms with E-state index in [1.165, 1.54) is 0 Å². The molecule has 18 heavy (non-hydrogen) atoms. The van der Waals surface area contributed by atoms with Gasteiger partial charge in [-0.2, -0.15) is 0 Å². The molecule has 4 heteroatoms. The summed E-state index contributed by atoms with van der Waals surface area (Å²) in [7, 11) is 0. The molecule has 1 heterocycles. The number of hydrogen-bond donors (Lipinski definition) is 1. The lowest BCUT2D eigenvalue weighted by atomic mass is 10.1. The first-order valence-corrected chi connectivity index (χ1v) is 6.50. The second-order valence-corrected chi connectivity index (χ2v) is 4.90. The average Bonchev–Trinajstić information content (AvgIpc) is 2.39. The van der Waals surface area contributed by atoms with Gasteiger partial charge in [0.05, 0.1) is 0 Å². The Morgan fingerprint density at radius 1 is 1.17 bits per heavy atom. The zero-order valence-electron chi connectivity index (χ0n) is 10.0. The van der Waals surface area contributed by atoms with Crippen molar-refractivity contribution in [2.45, 2.75) is 19.5 Å². The van der Waals surface area contributed by atoms with E-state index in [9.17, 15) is 0 Å². The molecule has 2 aromatic rings. The van der Waals surface area contributed by atoms with Crippen LogP contribution in [0.15, 0.2) is 42.7 Å². The van der Waals surface area contributed by atoms with Gasteiger partial charge in [-0.25, -0.2) is 0 Å². The number of benzene rings is 1. The topological polar surface area (TPSA) is 24.9 Å². The summed E-state index contributed by atoms with van der Waals surface area (Å²) in [5.41, 5.74) is 2.07. The number of hydrogen-bond acceptors (Lipinski definition) is 2. The van der Waals surface area contributed by atoms with Crippen LogP contribution in [0.3, 0.4) is 0 Å². The van der Waals surface area contributed by atoms with E-state index in [2.05, 4.69) is 17.2 Å². The van der Waals surface area contributed by atoms with Gasteiger partial charge in [0, 0.05) is 40.6 Å². The van der Waals surface area contributed by atoms with Crippen LogP contribution in [-0.4, -0.2) is 4.98 Å². The highest BCUT2D eigenvalue weighted by molar-refractivity contribution is 6.35. The first-order valence-electron chi connectivity index (χ1n) is 5.74. The number of rotatable bonds is 4. The number of nitrogens with zero attached hydrogens (tertiary/aromatic N) is 1. The zero-order chi connectivity index (χ0) is 13.0. The molecule has 0 saturated carbocycles. The molecule has 0 fully saturated rings. The standard InChI is InChI=1S/C14H14Cl2N2/c1-10(11-4-3-7-17-8-11)18-9-12-13(15)5-2-6-14(12)16/h2-8,10,18H,9H2,1H3/t10-/m1/s1. The summed E-state index contributed by atoms with van der Waals surface area (Å²) in [4.78, 5) is 4.10. The Hall–Kier alpha value is -1.09. The van der Waals surface area contributed by atoms with Gasteiger partial charge in [-0.3, -0.25) is 4.98 Å². The van der Waals surface area contributed by atoms with Gasteiger partial charge < -0.3 is 5.32 Å². The number of aromatic nitrogens is 1. The average molecular weight is 281 g/mol. The van der Waals surface area contributed by atoms with Crippen molar-refractivity contribution >= 4 is 23.2 Å². The first kappa shape index (κ1) is 13.3. The van der Waals surface area contributed by atoms with Gasteiger partial charge in [0.2, 0.25) is 0 Å². The van der Waals surface area contributed by atoms with E-state index in [1.54, 1.807) is 6.20 Å². The summed E-state index contributed by atoms with van der Waals surface area (Å²) < 4.78 is 0. The molecule has 0 bridgehead atoms. The monoisotopic (exact) mass is 280 g/mol. The second-order valence-electron chi connectivity index (χ2n) is 4.09. The maximum absolute atomic E-state index is 6.12. The fraction of sp³-hybridized carbons (Fsp3) is 0.214. The van der Waals surface area contributed by atoms with Crippen LogP contribution < -0.4 is 5.32 Å². The summed E-state index contributed by atoms with van der Waals surface area (Å²) in [6, 6.07) is 9.71. The van der Waals surface area contributed by atoms with Crippen LogP contribution in [0.25, 0.3) is 0 Å². The molecule has 1 aromatic heterocycles. The predicted molar refractivity (Wildman–Crippen MR) is 76.0 cm³/mol. The lowest BCUT2D eigenvalue weighted by molar-refractivity contribution is 0.573. The van der Waals surface area contributed by atoms with Crippen LogP contribution in [0.2, 0.25) is 10.0 Å². The third-order valence-corrected chi connectivity index (χ3v) is 3.54. The molecule has 1 aromatic carbocycles. The van der Waals surface area contributed by atoms with Crippen molar-refractivity contribution in [1.82, 2.24) is 10.3 Å². The minimum absolute atomic E-state index is 0.200. The van der Waals surface area contributed by atoms with Gasteiger partial charge in [-0.05, 0) is 30.7 Å². The summed E-state index contributed by atoms with van der Waals surface area (Å²) in [5, 5.41) is 4.76. The van der Waals surface area contributed by atoms with Crippen molar-refractivity contribution in [3.8, 4) is 0 Å². The third kappa shape index (κ3) is 3.22. The molecule has 94 valence electrons. The highest BCUT2D eigenvalue weighted by Gasteiger charge is 2.08. The predicted octanol–water partition coefficient (Wildman–Crippen LogP) is 4.24. The lowest BCUT2D eigenvalue weighted by Gasteiger charge is -2.15. The molecule has 0 aliphatic heterocycles. The molecule has 0 radical (unpaired) electrons. The van der Waals surface area contributed by atoms with Crippen LogP contribution in [0.4, 0.5) is 0 Å². The Morgan fingerprint density at radius 2 is 1.89 bits per heavy atom. The number of nitrogens with one attached hydrogen (secondary N) is 1. The fourth-order valence-corrected chi connectivity index (χ4v) is 2.24. The summed E-state index contributed by atoms with van der Waals surface area (Å²) in [6.07, 6.45) is 3.62. The summed E-state index contributed by atoms with van der Waals surface area (Å²) in [5.74, 6) is 0. The Bertz CT molecular complexity index is 494. The number of pyridine rings is 1. The van der Waals surface area contributed by atoms with E-state index in [-0.39, 0.29) is 6.04 Å². The van der Waals surface area contributed by atoms with Gasteiger partial charge in [0.15, 0.2) is 0 Å². The van der Waals surface area contributed by atoms with Crippen LogP contribution in [0.1, 0.15) is 24.1 Å². The Balaban J connectivity index is 2.04. The maximum Gasteiger partial charge on any atom is 0.0465 e. The summed E-state index contributed by atoms with van der Waals surface area (Å²) >= 11 is 12.2. The van der Waals surface area contributed by atoms with Crippen molar-refractivity contribution in [2.75, 3.05) is 0 Å². The smallest absolute Gasteiger partial charge is 0.0465 e. The SMILES string of the molecule is C[C@@H](NCc1c(Cl)cccc1Cl)c1cccnc1. The molecule has 2 nitrogen and oxygen atoms in total. The normalized spacial score (nSPS) is 12.4. The largest absolute Gasteiger partial charge is 0.306 e. The van der Waals surface area contributed by atoms with E-state index >= 15 is 0 Å². The zero-order valence-corrected chi connectivity index (χ0v) is 11.5. The first-order chi connectivity index (χ1) is 8.68. The fourth-order valence-electron chi connectivity index (χ4n) is 1.71. The Labute approximate surface area is 117 Å². The highest BCUT2D eigenvalue weighted by Crippen LogP contribution is 2.24. The molecular weight excluding hydrogens is 267 g/mol. The molecule has 0 aliphatic rings. The van der Waals surface area contributed by atoms with Crippen molar-refractivity contribution in [2.24, 2.45) is 0 Å². The molecule has 0 saturated heterocycles. The van der Waals surface area contributed by atoms with E-state index in [0.717, 1.165) is 11.1 Å². The molecular formula is C14H14Cl2N2. The van der Waals surface area contributed by atoms with E-state index in [0.29, 0.717) is 16.6 Å². The van der Waals surface area contributed by atoms with E-state index in [4.69, 9.17) is 23.2 Å². The van der Waals surface area contributed by atoms with Crippen molar-refractivity contribution in [3.63, 3.8) is 0 Å². The number of halogens is 2. The van der Waals surface area contributed by atoms with Crippen LogP contribution in [0.5, 0.6) is 0 Å². The molecule has 0 aliphatic carbocycles. The van der Waals surface area contributed by atoms with Crippen LogP contribution in [0, 0.1) is 0 Å². The van der Waals surface area contributed by atoms with Crippen molar-refractivity contribution in [1.29, 1.82) is 0 Å². The minimum Gasteiger partial charge on any atom is -0.306 e. The summed E-state index contributed by atoms with van der Waals surface area (Å²) in [6.45, 7) is 2.72.